The third-order valence-electron chi connectivity index (χ3n) is 5.92. The number of pyridine rings is 1. The van der Waals surface area contributed by atoms with Gasteiger partial charge in [0.15, 0.2) is 0 Å². The summed E-state index contributed by atoms with van der Waals surface area (Å²) in [5.74, 6) is -1.69. The molecule has 1 amide bonds. The van der Waals surface area contributed by atoms with E-state index >= 15 is 0 Å². The normalized spacial score (nSPS) is 17.6. The molecule has 0 saturated carbocycles. The molecule has 5 nitrogen and oxygen atoms in total. The minimum absolute atomic E-state index is 0.0261. The zero-order valence-corrected chi connectivity index (χ0v) is 18.5. The molecule has 1 aliphatic heterocycles. The number of amides is 1. The van der Waals surface area contributed by atoms with Crippen LogP contribution in [0.1, 0.15) is 22.7 Å². The number of aryl methyl sites for hydroxylation is 1. The molecule has 1 unspecified atom stereocenters. The van der Waals surface area contributed by atoms with Crippen molar-refractivity contribution in [2.45, 2.75) is 13.0 Å². The monoisotopic (exact) mass is 454 g/mol. The summed E-state index contributed by atoms with van der Waals surface area (Å²) in [7, 11) is 0. The Hall–Kier alpha value is -3.96. The molecule has 1 atom stereocenters. The van der Waals surface area contributed by atoms with E-state index in [-0.39, 0.29) is 11.3 Å². The summed E-state index contributed by atoms with van der Waals surface area (Å²) < 4.78 is 0. The van der Waals surface area contributed by atoms with Crippen molar-refractivity contribution in [2.75, 3.05) is 4.90 Å². The first-order valence-electron chi connectivity index (χ1n) is 10.4. The number of aromatic nitrogens is 1. The summed E-state index contributed by atoms with van der Waals surface area (Å²) in [5, 5.41) is 13.7. The molecule has 0 bridgehead atoms. The maximum atomic E-state index is 13.2. The average Bonchev–Trinajstić information content (AvgIpc) is 3.11. The third-order valence-corrected chi connectivity index (χ3v) is 6.33. The van der Waals surface area contributed by atoms with Gasteiger partial charge in [0.25, 0.3) is 11.7 Å². The Labute approximate surface area is 195 Å². The molecule has 2 heterocycles. The zero-order valence-electron chi connectivity index (χ0n) is 17.7. The van der Waals surface area contributed by atoms with Crippen LogP contribution in [0.25, 0.3) is 16.5 Å². The van der Waals surface area contributed by atoms with Crippen LogP contribution in [0.5, 0.6) is 0 Å². The van der Waals surface area contributed by atoms with Gasteiger partial charge in [0.1, 0.15) is 5.76 Å². The van der Waals surface area contributed by atoms with Crippen molar-refractivity contribution >= 4 is 45.5 Å². The molecule has 1 aromatic heterocycles. The first-order chi connectivity index (χ1) is 16.0. The lowest BCUT2D eigenvalue weighted by Crippen LogP contribution is -2.29. The molecule has 33 heavy (non-hydrogen) atoms. The Balaban J connectivity index is 1.73. The number of hydrogen-bond acceptors (Lipinski definition) is 4. The second-order valence-electron chi connectivity index (χ2n) is 7.95. The topological polar surface area (TPSA) is 70.5 Å². The van der Waals surface area contributed by atoms with Crippen LogP contribution >= 0.6 is 11.6 Å². The maximum absolute atomic E-state index is 13.2. The molecule has 3 aromatic carbocycles. The van der Waals surface area contributed by atoms with Crippen molar-refractivity contribution in [3.63, 3.8) is 0 Å². The highest BCUT2D eigenvalue weighted by Crippen LogP contribution is 2.42. The molecule has 0 spiro atoms. The van der Waals surface area contributed by atoms with Gasteiger partial charge in [-0.15, -0.1) is 0 Å². The van der Waals surface area contributed by atoms with Crippen LogP contribution in [-0.2, 0) is 9.59 Å². The van der Waals surface area contributed by atoms with E-state index in [0.717, 1.165) is 16.3 Å². The van der Waals surface area contributed by atoms with E-state index < -0.39 is 17.7 Å². The molecule has 1 fully saturated rings. The number of fused-ring (bicyclic) bond motifs is 1. The fourth-order valence-electron chi connectivity index (χ4n) is 4.18. The number of benzene rings is 3. The largest absolute Gasteiger partial charge is 0.507 e. The molecule has 1 aliphatic rings. The van der Waals surface area contributed by atoms with Crippen LogP contribution in [0.2, 0.25) is 5.02 Å². The molecular weight excluding hydrogens is 436 g/mol. The number of nitrogens with zero attached hydrogens (tertiary/aromatic N) is 2. The number of aliphatic hydroxyl groups excluding tert-OH is 1. The lowest BCUT2D eigenvalue weighted by molar-refractivity contribution is -0.132. The Morgan fingerprint density at radius 1 is 0.939 bits per heavy atom. The number of ketones is 1. The van der Waals surface area contributed by atoms with Crippen LogP contribution in [0, 0.1) is 6.92 Å². The van der Waals surface area contributed by atoms with Crippen LogP contribution < -0.4 is 4.90 Å². The van der Waals surface area contributed by atoms with Crippen molar-refractivity contribution in [1.29, 1.82) is 0 Å². The first-order valence-corrected chi connectivity index (χ1v) is 10.8. The van der Waals surface area contributed by atoms with Crippen molar-refractivity contribution in [1.82, 2.24) is 4.98 Å². The van der Waals surface area contributed by atoms with Crippen molar-refractivity contribution < 1.29 is 14.7 Å². The van der Waals surface area contributed by atoms with Crippen molar-refractivity contribution in [3.05, 3.63) is 112 Å². The van der Waals surface area contributed by atoms with E-state index in [1.165, 1.54) is 4.90 Å². The second kappa shape index (κ2) is 8.19. The van der Waals surface area contributed by atoms with Crippen molar-refractivity contribution in [3.8, 4) is 0 Å². The van der Waals surface area contributed by atoms with Gasteiger partial charge in [0, 0.05) is 28.7 Å². The van der Waals surface area contributed by atoms with E-state index in [0.29, 0.717) is 21.8 Å². The molecule has 5 rings (SSSR count). The third kappa shape index (κ3) is 3.56. The quantitative estimate of drug-likeness (QED) is 0.240. The second-order valence-corrected chi connectivity index (χ2v) is 8.35. The van der Waals surface area contributed by atoms with E-state index in [2.05, 4.69) is 4.98 Å². The van der Waals surface area contributed by atoms with Crippen LogP contribution in [0.3, 0.4) is 0 Å². The number of Topliss-reactive ketones (excluding diaryl/α,β-unsaturated/α-hetero) is 1. The van der Waals surface area contributed by atoms with Gasteiger partial charge in [-0.1, -0.05) is 54.1 Å². The van der Waals surface area contributed by atoms with Gasteiger partial charge in [-0.3, -0.25) is 19.5 Å². The fraction of sp³-hybridized carbons (Fsp3) is 0.0741. The fourth-order valence-corrected chi connectivity index (χ4v) is 4.36. The van der Waals surface area contributed by atoms with Gasteiger partial charge >= 0.3 is 0 Å². The Bertz CT molecular complexity index is 1450. The number of hydrogen-bond donors (Lipinski definition) is 1. The highest BCUT2D eigenvalue weighted by molar-refractivity contribution is 6.51. The lowest BCUT2D eigenvalue weighted by atomic mass is 9.95. The van der Waals surface area contributed by atoms with Crippen LogP contribution in [0.15, 0.2) is 90.8 Å². The summed E-state index contributed by atoms with van der Waals surface area (Å²) in [4.78, 5) is 31.9. The summed E-state index contributed by atoms with van der Waals surface area (Å²) >= 11 is 6.33. The number of anilines is 1. The molecular formula is C27H19ClN2O3. The van der Waals surface area contributed by atoms with E-state index in [1.54, 1.807) is 48.8 Å². The standard InChI is InChI=1S/C27H19ClN2O3/c1-16-6-9-21(15-22(16)28)30-24(18-10-12-29-13-11-18)23(26(32)27(30)33)25(31)20-8-7-17-4-2-3-5-19(17)14-20/h2-15,24,31H,1H3/b25-23-. The Morgan fingerprint density at radius 3 is 2.39 bits per heavy atom. The minimum Gasteiger partial charge on any atom is -0.507 e. The molecule has 6 heteroatoms. The van der Waals surface area contributed by atoms with E-state index in [1.807, 2.05) is 43.3 Å². The molecule has 0 radical (unpaired) electrons. The molecule has 1 N–H and O–H groups in total. The highest BCUT2D eigenvalue weighted by atomic mass is 35.5. The van der Waals surface area contributed by atoms with Gasteiger partial charge in [0.2, 0.25) is 0 Å². The van der Waals surface area contributed by atoms with Gasteiger partial charge in [-0.25, -0.2) is 0 Å². The van der Waals surface area contributed by atoms with Gasteiger partial charge < -0.3 is 5.11 Å². The van der Waals surface area contributed by atoms with Gasteiger partial charge in [-0.05, 0) is 59.2 Å². The predicted molar refractivity (Wildman–Crippen MR) is 129 cm³/mol. The van der Waals surface area contributed by atoms with Gasteiger partial charge in [0.05, 0.1) is 11.6 Å². The SMILES string of the molecule is Cc1ccc(N2C(=O)C(=O)/C(=C(\O)c3ccc4ccccc4c3)C2c2ccncc2)cc1Cl. The predicted octanol–water partition coefficient (Wildman–Crippen LogP) is 5.82. The number of halogens is 1. The first kappa shape index (κ1) is 20.9. The summed E-state index contributed by atoms with van der Waals surface area (Å²) in [6.45, 7) is 1.86. The lowest BCUT2D eigenvalue weighted by Gasteiger charge is -2.25. The Morgan fingerprint density at radius 2 is 1.67 bits per heavy atom. The van der Waals surface area contributed by atoms with Gasteiger partial charge in [-0.2, -0.15) is 0 Å². The molecule has 1 saturated heterocycles. The zero-order chi connectivity index (χ0) is 23.1. The maximum Gasteiger partial charge on any atom is 0.300 e. The van der Waals surface area contributed by atoms with Crippen molar-refractivity contribution in [2.24, 2.45) is 0 Å². The molecule has 4 aromatic rings. The molecule has 162 valence electrons. The number of carbonyl (C=O) groups excluding carboxylic acids is 2. The summed E-state index contributed by atoms with van der Waals surface area (Å²) in [6.07, 6.45) is 3.18. The number of rotatable bonds is 3. The number of aliphatic hydroxyl groups is 1. The Kier molecular flexibility index (Phi) is 5.19. The smallest absolute Gasteiger partial charge is 0.300 e. The van der Waals surface area contributed by atoms with E-state index in [4.69, 9.17) is 11.6 Å². The minimum atomic E-state index is -0.821. The summed E-state index contributed by atoms with van der Waals surface area (Å²) in [6, 6.07) is 21.0. The number of carbonyl (C=O) groups is 2. The van der Waals surface area contributed by atoms with Crippen LogP contribution in [-0.4, -0.2) is 21.8 Å². The summed E-state index contributed by atoms with van der Waals surface area (Å²) in [5.41, 5.74) is 2.48. The average molecular weight is 455 g/mol. The van der Waals surface area contributed by atoms with E-state index in [9.17, 15) is 14.7 Å². The van der Waals surface area contributed by atoms with Crippen LogP contribution in [0.4, 0.5) is 5.69 Å². The molecule has 0 aliphatic carbocycles. The highest BCUT2D eigenvalue weighted by Gasteiger charge is 2.47.